The Kier molecular flexibility index (Phi) is 6.07. The summed E-state index contributed by atoms with van der Waals surface area (Å²) in [6.45, 7) is 4.04. The Morgan fingerprint density at radius 3 is 2.79 bits per heavy atom. The number of amides is 1. The minimum absolute atomic E-state index is 0.000283. The van der Waals surface area contributed by atoms with Crippen LogP contribution in [0.1, 0.15) is 23.4 Å². The largest absolute Gasteiger partial charge is 0.356 e. The average Bonchev–Trinajstić information content (AvgIpc) is 3.54. The van der Waals surface area contributed by atoms with Crippen molar-refractivity contribution in [2.24, 2.45) is 5.92 Å². The number of nitrogens with one attached hydrogen (secondary N) is 1. The Morgan fingerprint density at radius 2 is 2.03 bits per heavy atom. The van der Waals surface area contributed by atoms with E-state index in [9.17, 15) is 4.79 Å². The molecule has 0 radical (unpaired) electrons. The highest BCUT2D eigenvalue weighted by atomic mass is 32.1. The highest BCUT2D eigenvalue weighted by Crippen LogP contribution is 2.28. The summed E-state index contributed by atoms with van der Waals surface area (Å²) in [6, 6.07) is 7.69. The van der Waals surface area contributed by atoms with Crippen molar-refractivity contribution in [3.8, 4) is 16.4 Å². The standard InChI is InChI=1S/C23H24N8OS/c1-16-19(33-23(29-16)18-4-2-7-24-13-18)14-25-22(32)17-5-10-30(11-6-17)20-12-21(27-15-26-20)31-9-3-8-28-31/h2-4,7-9,12-13,15,17H,5-6,10-11,14H2,1H3,(H,25,32). The van der Waals surface area contributed by atoms with E-state index in [2.05, 4.69) is 35.3 Å². The zero-order valence-corrected chi connectivity index (χ0v) is 19.1. The van der Waals surface area contributed by atoms with Crippen molar-refractivity contribution in [2.45, 2.75) is 26.3 Å². The number of anilines is 1. The van der Waals surface area contributed by atoms with E-state index in [0.29, 0.717) is 6.54 Å². The van der Waals surface area contributed by atoms with E-state index in [1.165, 1.54) is 0 Å². The molecule has 1 N–H and O–H groups in total. The summed E-state index contributed by atoms with van der Waals surface area (Å²) in [4.78, 5) is 33.6. The predicted molar refractivity (Wildman–Crippen MR) is 126 cm³/mol. The number of carbonyl (C=O) groups excluding carboxylic acids is 1. The molecule has 10 heteroatoms. The van der Waals surface area contributed by atoms with Crippen LogP contribution in [0.2, 0.25) is 0 Å². The molecule has 0 aromatic carbocycles. The van der Waals surface area contributed by atoms with E-state index in [1.807, 2.05) is 43.6 Å². The normalized spacial score (nSPS) is 14.4. The molecule has 0 bridgehead atoms. The van der Waals surface area contributed by atoms with Crippen LogP contribution >= 0.6 is 11.3 Å². The fourth-order valence-electron chi connectivity index (χ4n) is 3.93. The van der Waals surface area contributed by atoms with E-state index in [-0.39, 0.29) is 11.8 Å². The minimum Gasteiger partial charge on any atom is -0.356 e. The van der Waals surface area contributed by atoms with Crippen molar-refractivity contribution in [3.05, 3.63) is 66.0 Å². The molecule has 168 valence electrons. The van der Waals surface area contributed by atoms with Crippen LogP contribution in [0.3, 0.4) is 0 Å². The maximum Gasteiger partial charge on any atom is 0.223 e. The first-order chi connectivity index (χ1) is 16.2. The molecule has 1 aliphatic rings. The van der Waals surface area contributed by atoms with Crippen molar-refractivity contribution < 1.29 is 4.79 Å². The lowest BCUT2D eigenvalue weighted by atomic mass is 9.96. The molecule has 0 spiro atoms. The minimum atomic E-state index is -0.000283. The molecule has 4 aromatic heterocycles. The summed E-state index contributed by atoms with van der Waals surface area (Å²) in [6.07, 6.45) is 10.3. The quantitative estimate of drug-likeness (QED) is 0.472. The third-order valence-electron chi connectivity index (χ3n) is 5.79. The molecule has 9 nitrogen and oxygen atoms in total. The van der Waals surface area contributed by atoms with Crippen LogP contribution < -0.4 is 10.2 Å². The van der Waals surface area contributed by atoms with Crippen molar-refractivity contribution in [1.82, 2.24) is 35.0 Å². The summed E-state index contributed by atoms with van der Waals surface area (Å²) in [5.74, 6) is 1.69. The third kappa shape index (κ3) is 4.75. The zero-order valence-electron chi connectivity index (χ0n) is 18.3. The highest BCUT2D eigenvalue weighted by molar-refractivity contribution is 7.15. The topological polar surface area (TPSA) is 102 Å². The van der Waals surface area contributed by atoms with Crippen LogP contribution in [0.5, 0.6) is 0 Å². The Labute approximate surface area is 195 Å². The second-order valence-electron chi connectivity index (χ2n) is 7.93. The number of thiazole rings is 1. The number of hydrogen-bond donors (Lipinski definition) is 1. The maximum atomic E-state index is 12.8. The number of hydrogen-bond acceptors (Lipinski definition) is 8. The van der Waals surface area contributed by atoms with Crippen molar-refractivity contribution in [1.29, 1.82) is 0 Å². The van der Waals surface area contributed by atoms with Gasteiger partial charge in [0.2, 0.25) is 5.91 Å². The van der Waals surface area contributed by atoms with Gasteiger partial charge in [-0.1, -0.05) is 0 Å². The Morgan fingerprint density at radius 1 is 1.18 bits per heavy atom. The number of carbonyl (C=O) groups is 1. The van der Waals surface area contributed by atoms with Gasteiger partial charge in [0.25, 0.3) is 0 Å². The lowest BCUT2D eigenvalue weighted by Crippen LogP contribution is -2.40. The lowest BCUT2D eigenvalue weighted by Gasteiger charge is -2.32. The van der Waals surface area contributed by atoms with Crippen molar-refractivity contribution in [2.75, 3.05) is 18.0 Å². The second kappa shape index (κ2) is 9.45. The highest BCUT2D eigenvalue weighted by Gasteiger charge is 2.26. The van der Waals surface area contributed by atoms with Gasteiger partial charge in [0.1, 0.15) is 17.2 Å². The van der Waals surface area contributed by atoms with Crippen LogP contribution in [0.15, 0.2) is 55.4 Å². The van der Waals surface area contributed by atoms with E-state index in [1.54, 1.807) is 34.7 Å². The lowest BCUT2D eigenvalue weighted by molar-refractivity contribution is -0.125. The van der Waals surface area contributed by atoms with Gasteiger partial charge in [0.15, 0.2) is 5.82 Å². The Bertz CT molecular complexity index is 1220. The molecule has 5 heterocycles. The monoisotopic (exact) mass is 460 g/mol. The van der Waals surface area contributed by atoms with E-state index in [0.717, 1.165) is 58.7 Å². The van der Waals surface area contributed by atoms with Crippen molar-refractivity contribution in [3.63, 3.8) is 0 Å². The van der Waals surface area contributed by atoms with E-state index in [4.69, 9.17) is 0 Å². The summed E-state index contributed by atoms with van der Waals surface area (Å²) in [5, 5.41) is 8.27. The SMILES string of the molecule is Cc1nc(-c2cccnc2)sc1CNC(=O)C1CCN(c2cc(-n3cccn3)ncn2)CC1. The fraction of sp³-hybridized carbons (Fsp3) is 0.304. The molecule has 4 aromatic rings. The van der Waals surface area contributed by atoms with Gasteiger partial charge in [-0.15, -0.1) is 11.3 Å². The smallest absolute Gasteiger partial charge is 0.223 e. The van der Waals surface area contributed by atoms with Gasteiger partial charge in [0, 0.05) is 60.3 Å². The van der Waals surface area contributed by atoms with E-state index < -0.39 is 0 Å². The second-order valence-corrected chi connectivity index (χ2v) is 9.02. The first-order valence-corrected chi connectivity index (χ1v) is 11.7. The molecule has 0 atom stereocenters. The average molecular weight is 461 g/mol. The zero-order chi connectivity index (χ0) is 22.6. The van der Waals surface area contributed by atoms with Crippen LogP contribution in [-0.4, -0.2) is 48.7 Å². The molecule has 0 aliphatic carbocycles. The molecular formula is C23H24N8OS. The Hall–Kier alpha value is -3.66. The Balaban J connectivity index is 1.16. The summed E-state index contributed by atoms with van der Waals surface area (Å²) >= 11 is 1.60. The van der Waals surface area contributed by atoms with Crippen molar-refractivity contribution >= 4 is 23.1 Å². The molecule has 5 rings (SSSR count). The van der Waals surface area contributed by atoms with Gasteiger partial charge < -0.3 is 10.2 Å². The number of nitrogens with zero attached hydrogens (tertiary/aromatic N) is 7. The van der Waals surface area contributed by atoms with Gasteiger partial charge in [-0.2, -0.15) is 5.10 Å². The van der Waals surface area contributed by atoms with Crippen LogP contribution in [0, 0.1) is 12.8 Å². The number of pyridine rings is 1. The molecule has 1 aliphatic heterocycles. The summed E-state index contributed by atoms with van der Waals surface area (Å²) < 4.78 is 1.71. The predicted octanol–water partition coefficient (Wildman–Crippen LogP) is 3.02. The van der Waals surface area contributed by atoms with Crippen LogP contribution in [0.25, 0.3) is 16.4 Å². The molecule has 33 heavy (non-hydrogen) atoms. The molecule has 0 unspecified atom stereocenters. The molecule has 0 saturated carbocycles. The van der Waals surface area contributed by atoms with Gasteiger partial charge in [-0.3, -0.25) is 9.78 Å². The van der Waals surface area contributed by atoms with Gasteiger partial charge in [-0.25, -0.2) is 19.6 Å². The number of piperidine rings is 1. The molecule has 1 fully saturated rings. The number of aryl methyl sites for hydroxylation is 1. The van der Waals surface area contributed by atoms with Gasteiger partial charge in [-0.05, 0) is 38.0 Å². The first kappa shape index (κ1) is 21.2. The third-order valence-corrected chi connectivity index (χ3v) is 7.00. The molecule has 1 saturated heterocycles. The maximum absolute atomic E-state index is 12.8. The van der Waals surface area contributed by atoms with E-state index >= 15 is 0 Å². The first-order valence-electron chi connectivity index (χ1n) is 10.9. The summed E-state index contributed by atoms with van der Waals surface area (Å²) in [7, 11) is 0. The molecular weight excluding hydrogens is 436 g/mol. The molecule has 1 amide bonds. The number of aromatic nitrogens is 6. The van der Waals surface area contributed by atoms with Gasteiger partial charge >= 0.3 is 0 Å². The summed E-state index contributed by atoms with van der Waals surface area (Å²) in [5.41, 5.74) is 1.95. The van der Waals surface area contributed by atoms with Gasteiger partial charge in [0.05, 0.1) is 12.2 Å². The van der Waals surface area contributed by atoms with Crippen LogP contribution in [-0.2, 0) is 11.3 Å². The fourth-order valence-corrected chi connectivity index (χ4v) is 4.92. The van der Waals surface area contributed by atoms with Crippen LogP contribution in [0.4, 0.5) is 5.82 Å². The number of rotatable bonds is 6.